The molecule has 1 N–H and O–H groups in total. The number of nitrogens with zero attached hydrogens (tertiary/aromatic N) is 1. The van der Waals surface area contributed by atoms with Crippen molar-refractivity contribution in [1.29, 1.82) is 0 Å². The lowest BCUT2D eigenvalue weighted by Gasteiger charge is -2.44. The molecule has 0 saturated carbocycles. The highest BCUT2D eigenvalue weighted by atomic mass is 15.2. The number of piperazine rings is 1. The van der Waals surface area contributed by atoms with E-state index < -0.39 is 0 Å². The van der Waals surface area contributed by atoms with Crippen molar-refractivity contribution in [3.63, 3.8) is 0 Å². The first-order valence-electron chi connectivity index (χ1n) is 8.64. The zero-order valence-electron chi connectivity index (χ0n) is 14.2. The zero-order chi connectivity index (χ0) is 15.2. The third-order valence-corrected chi connectivity index (χ3v) is 5.24. The van der Waals surface area contributed by atoms with E-state index >= 15 is 0 Å². The van der Waals surface area contributed by atoms with Gasteiger partial charge in [-0.05, 0) is 38.2 Å². The Kier molecular flexibility index (Phi) is 6.25. The monoisotopic (exact) mass is 288 g/mol. The smallest absolute Gasteiger partial charge is 0.0221 e. The molecule has 1 heterocycles. The van der Waals surface area contributed by atoms with Gasteiger partial charge in [-0.3, -0.25) is 4.90 Å². The van der Waals surface area contributed by atoms with Gasteiger partial charge in [0.05, 0.1) is 0 Å². The van der Waals surface area contributed by atoms with Crippen molar-refractivity contribution in [2.24, 2.45) is 5.92 Å². The first kappa shape index (κ1) is 16.5. The summed E-state index contributed by atoms with van der Waals surface area (Å²) in [6.45, 7) is 11.8. The van der Waals surface area contributed by atoms with Crippen LogP contribution in [-0.4, -0.2) is 36.1 Å². The predicted octanol–water partition coefficient (Wildman–Crippen LogP) is 3.72. The quantitative estimate of drug-likeness (QED) is 0.858. The summed E-state index contributed by atoms with van der Waals surface area (Å²) >= 11 is 0. The van der Waals surface area contributed by atoms with Crippen LogP contribution in [0.5, 0.6) is 0 Å². The van der Waals surface area contributed by atoms with Crippen LogP contribution in [0.15, 0.2) is 30.3 Å². The summed E-state index contributed by atoms with van der Waals surface area (Å²) in [5.74, 6) is 0.765. The molecule has 4 atom stereocenters. The molecule has 2 heteroatoms. The van der Waals surface area contributed by atoms with Gasteiger partial charge < -0.3 is 5.32 Å². The fourth-order valence-corrected chi connectivity index (χ4v) is 3.38. The van der Waals surface area contributed by atoms with Gasteiger partial charge in [0, 0.05) is 31.2 Å². The number of aryl methyl sites for hydroxylation is 1. The van der Waals surface area contributed by atoms with Gasteiger partial charge in [0.15, 0.2) is 0 Å². The maximum absolute atomic E-state index is 3.74. The zero-order valence-corrected chi connectivity index (χ0v) is 14.2. The molecule has 0 radical (unpaired) electrons. The lowest BCUT2D eigenvalue weighted by molar-refractivity contribution is 0.0784. The normalized spacial score (nSPS) is 26.5. The number of nitrogens with one attached hydrogen (secondary N) is 1. The van der Waals surface area contributed by atoms with E-state index in [2.05, 4.69) is 68.2 Å². The first-order valence-corrected chi connectivity index (χ1v) is 8.64. The Balaban J connectivity index is 1.88. The summed E-state index contributed by atoms with van der Waals surface area (Å²) < 4.78 is 0. The fourth-order valence-electron chi connectivity index (χ4n) is 3.38. The van der Waals surface area contributed by atoms with E-state index in [1.54, 1.807) is 0 Å². The number of hydrogen-bond acceptors (Lipinski definition) is 2. The molecule has 2 rings (SSSR count). The van der Waals surface area contributed by atoms with Gasteiger partial charge in [0.25, 0.3) is 0 Å². The Morgan fingerprint density at radius 3 is 2.62 bits per heavy atom. The molecule has 1 aromatic rings. The summed E-state index contributed by atoms with van der Waals surface area (Å²) in [6, 6.07) is 12.8. The number of rotatable bonds is 6. The minimum atomic E-state index is 0.649. The van der Waals surface area contributed by atoms with E-state index in [1.165, 1.54) is 31.4 Å². The number of hydrogen-bond donors (Lipinski definition) is 1. The summed E-state index contributed by atoms with van der Waals surface area (Å²) in [6.07, 6.45) is 3.70. The average molecular weight is 288 g/mol. The van der Waals surface area contributed by atoms with Gasteiger partial charge in [-0.2, -0.15) is 0 Å². The number of benzene rings is 1. The molecule has 118 valence electrons. The van der Waals surface area contributed by atoms with Crippen LogP contribution < -0.4 is 5.32 Å². The summed E-state index contributed by atoms with van der Waals surface area (Å²) in [7, 11) is 0. The van der Waals surface area contributed by atoms with E-state index in [9.17, 15) is 0 Å². The van der Waals surface area contributed by atoms with E-state index in [1.807, 2.05) is 0 Å². The van der Waals surface area contributed by atoms with Crippen LogP contribution in [0.4, 0.5) is 0 Å². The van der Waals surface area contributed by atoms with Gasteiger partial charge in [-0.1, -0.05) is 50.6 Å². The van der Waals surface area contributed by atoms with Gasteiger partial charge in [-0.25, -0.2) is 0 Å². The molecule has 1 aliphatic heterocycles. The van der Waals surface area contributed by atoms with E-state index in [0.29, 0.717) is 18.1 Å². The Morgan fingerprint density at radius 2 is 1.95 bits per heavy atom. The van der Waals surface area contributed by atoms with Gasteiger partial charge in [0.1, 0.15) is 0 Å². The van der Waals surface area contributed by atoms with Crippen LogP contribution in [0.25, 0.3) is 0 Å². The average Bonchev–Trinajstić information content (AvgIpc) is 2.53. The Morgan fingerprint density at radius 1 is 1.24 bits per heavy atom. The molecule has 1 aromatic carbocycles. The standard InChI is InChI=1S/C19H32N2/c1-5-15(2)19-14-21(17(4)13-20-19)16(3)11-12-18-9-7-6-8-10-18/h6-10,15-17,19-20H,5,11-14H2,1-4H3. The van der Waals surface area contributed by atoms with Crippen LogP contribution in [0, 0.1) is 5.92 Å². The van der Waals surface area contributed by atoms with Gasteiger partial charge >= 0.3 is 0 Å². The van der Waals surface area contributed by atoms with Crippen molar-refractivity contribution in [2.75, 3.05) is 13.1 Å². The molecular formula is C19H32N2. The molecule has 0 bridgehead atoms. The fraction of sp³-hybridized carbons (Fsp3) is 0.684. The topological polar surface area (TPSA) is 15.3 Å². The molecular weight excluding hydrogens is 256 g/mol. The maximum atomic E-state index is 3.74. The SMILES string of the molecule is CCC(C)C1CN(C(C)CCc2ccccc2)C(C)CN1. The molecule has 1 aliphatic rings. The highest BCUT2D eigenvalue weighted by Gasteiger charge is 2.30. The van der Waals surface area contributed by atoms with E-state index in [-0.39, 0.29) is 0 Å². The van der Waals surface area contributed by atoms with Crippen molar-refractivity contribution < 1.29 is 0 Å². The molecule has 0 spiro atoms. The molecule has 2 nitrogen and oxygen atoms in total. The van der Waals surface area contributed by atoms with Crippen LogP contribution in [0.2, 0.25) is 0 Å². The van der Waals surface area contributed by atoms with Gasteiger partial charge in [0.2, 0.25) is 0 Å². The van der Waals surface area contributed by atoms with E-state index in [0.717, 1.165) is 12.5 Å². The van der Waals surface area contributed by atoms with Crippen molar-refractivity contribution in [1.82, 2.24) is 10.2 Å². The Bertz CT molecular complexity index is 403. The van der Waals surface area contributed by atoms with Crippen LogP contribution in [-0.2, 0) is 6.42 Å². The lowest BCUT2D eigenvalue weighted by atomic mass is 9.94. The van der Waals surface area contributed by atoms with Crippen molar-refractivity contribution >= 4 is 0 Å². The molecule has 0 amide bonds. The van der Waals surface area contributed by atoms with E-state index in [4.69, 9.17) is 0 Å². The molecule has 4 unspecified atom stereocenters. The second-order valence-corrected chi connectivity index (χ2v) is 6.82. The Labute approximate surface area is 130 Å². The first-order chi connectivity index (χ1) is 10.1. The highest BCUT2D eigenvalue weighted by molar-refractivity contribution is 5.14. The summed E-state index contributed by atoms with van der Waals surface area (Å²) in [5, 5.41) is 3.74. The van der Waals surface area contributed by atoms with Crippen molar-refractivity contribution in [3.8, 4) is 0 Å². The highest BCUT2D eigenvalue weighted by Crippen LogP contribution is 2.20. The minimum Gasteiger partial charge on any atom is -0.311 e. The minimum absolute atomic E-state index is 0.649. The van der Waals surface area contributed by atoms with Crippen LogP contribution in [0.1, 0.15) is 46.1 Å². The van der Waals surface area contributed by atoms with Crippen molar-refractivity contribution in [2.45, 2.75) is 65.1 Å². The summed E-state index contributed by atoms with van der Waals surface area (Å²) in [5.41, 5.74) is 1.46. The molecule has 0 aliphatic carbocycles. The molecule has 1 fully saturated rings. The maximum Gasteiger partial charge on any atom is 0.0221 e. The Hall–Kier alpha value is -0.860. The van der Waals surface area contributed by atoms with Gasteiger partial charge in [-0.15, -0.1) is 0 Å². The second kappa shape index (κ2) is 7.95. The largest absolute Gasteiger partial charge is 0.311 e. The molecule has 21 heavy (non-hydrogen) atoms. The predicted molar refractivity (Wildman–Crippen MR) is 91.6 cm³/mol. The third kappa shape index (κ3) is 4.55. The molecule has 0 aromatic heterocycles. The van der Waals surface area contributed by atoms with Crippen LogP contribution >= 0.6 is 0 Å². The van der Waals surface area contributed by atoms with Crippen molar-refractivity contribution in [3.05, 3.63) is 35.9 Å². The second-order valence-electron chi connectivity index (χ2n) is 6.82. The molecule has 1 saturated heterocycles. The third-order valence-electron chi connectivity index (χ3n) is 5.24. The summed E-state index contributed by atoms with van der Waals surface area (Å²) in [4.78, 5) is 2.72. The lowest BCUT2D eigenvalue weighted by Crippen LogP contribution is -2.59. The van der Waals surface area contributed by atoms with Crippen LogP contribution in [0.3, 0.4) is 0 Å².